The van der Waals surface area contributed by atoms with Gasteiger partial charge in [-0.1, -0.05) is 23.2 Å². The molecule has 7 heteroatoms. The van der Waals surface area contributed by atoms with Crippen LogP contribution in [0, 0.1) is 0 Å². The molecule has 0 fully saturated rings. The Balaban J connectivity index is 2.82. The Bertz CT molecular complexity index is 489. The summed E-state index contributed by atoms with van der Waals surface area (Å²) in [6.07, 6.45) is 1.34. The Kier molecular flexibility index (Phi) is 4.53. The Hall–Kier alpha value is -1.33. The highest BCUT2D eigenvalue weighted by atomic mass is 35.5. The van der Waals surface area contributed by atoms with Gasteiger partial charge in [0.1, 0.15) is 5.15 Å². The summed E-state index contributed by atoms with van der Waals surface area (Å²) in [6.45, 7) is 3.39. The van der Waals surface area contributed by atoms with E-state index in [2.05, 4.69) is 10.3 Å². The van der Waals surface area contributed by atoms with Gasteiger partial charge < -0.3 is 11.1 Å². The van der Waals surface area contributed by atoms with Gasteiger partial charge in [-0.15, -0.1) is 0 Å². The molecule has 98 valence electrons. The Morgan fingerprint density at radius 3 is 2.56 bits per heavy atom. The van der Waals surface area contributed by atoms with Crippen molar-refractivity contribution in [3.8, 4) is 0 Å². The monoisotopic (exact) mass is 289 g/mol. The Morgan fingerprint density at radius 1 is 1.44 bits per heavy atom. The van der Waals surface area contributed by atoms with Crippen molar-refractivity contribution >= 4 is 35.0 Å². The lowest BCUT2D eigenvalue weighted by Crippen LogP contribution is -2.46. The second kappa shape index (κ2) is 5.54. The number of nitrogens with zero attached hydrogens (tertiary/aromatic N) is 1. The SMILES string of the molecule is CC(C)(CC(N)=O)NC(=O)c1cnc(Cl)c(Cl)c1. The lowest BCUT2D eigenvalue weighted by molar-refractivity contribution is -0.119. The van der Waals surface area contributed by atoms with E-state index in [1.807, 2.05) is 0 Å². The quantitative estimate of drug-likeness (QED) is 0.829. The van der Waals surface area contributed by atoms with E-state index in [0.29, 0.717) is 0 Å². The third-order valence-corrected chi connectivity index (χ3v) is 2.81. The van der Waals surface area contributed by atoms with Crippen LogP contribution in [0.3, 0.4) is 0 Å². The number of hydrogen-bond donors (Lipinski definition) is 2. The number of nitrogens with one attached hydrogen (secondary N) is 1. The van der Waals surface area contributed by atoms with Gasteiger partial charge >= 0.3 is 0 Å². The molecule has 0 aromatic carbocycles. The number of primary amides is 1. The normalized spacial score (nSPS) is 11.1. The van der Waals surface area contributed by atoms with E-state index in [9.17, 15) is 9.59 Å². The standard InChI is InChI=1S/C11H13Cl2N3O2/c1-11(2,4-8(14)17)16-10(18)6-3-7(12)9(13)15-5-6/h3,5H,4H2,1-2H3,(H2,14,17)(H,16,18). The molecule has 1 heterocycles. The van der Waals surface area contributed by atoms with Crippen LogP contribution in [0.5, 0.6) is 0 Å². The van der Waals surface area contributed by atoms with Crippen LogP contribution < -0.4 is 11.1 Å². The molecule has 0 radical (unpaired) electrons. The van der Waals surface area contributed by atoms with Crippen molar-refractivity contribution in [3.05, 3.63) is 28.0 Å². The topological polar surface area (TPSA) is 85.1 Å². The highest BCUT2D eigenvalue weighted by Crippen LogP contribution is 2.20. The third-order valence-electron chi connectivity index (χ3n) is 2.13. The third kappa shape index (κ3) is 4.16. The van der Waals surface area contributed by atoms with Crippen molar-refractivity contribution in [3.63, 3.8) is 0 Å². The molecule has 1 aromatic heterocycles. The average Bonchev–Trinajstić information content (AvgIpc) is 2.19. The Labute approximate surface area is 115 Å². The van der Waals surface area contributed by atoms with Gasteiger partial charge in [-0.3, -0.25) is 9.59 Å². The highest BCUT2D eigenvalue weighted by Gasteiger charge is 2.23. The molecule has 0 spiro atoms. The maximum absolute atomic E-state index is 11.9. The smallest absolute Gasteiger partial charge is 0.253 e. The van der Waals surface area contributed by atoms with Crippen molar-refractivity contribution in [1.82, 2.24) is 10.3 Å². The summed E-state index contributed by atoms with van der Waals surface area (Å²) < 4.78 is 0. The van der Waals surface area contributed by atoms with E-state index in [1.165, 1.54) is 12.3 Å². The fourth-order valence-electron chi connectivity index (χ4n) is 1.40. The van der Waals surface area contributed by atoms with Crippen LogP contribution in [-0.4, -0.2) is 22.3 Å². The van der Waals surface area contributed by atoms with Gasteiger partial charge in [-0.05, 0) is 19.9 Å². The lowest BCUT2D eigenvalue weighted by atomic mass is 10.00. The van der Waals surface area contributed by atoms with E-state index in [4.69, 9.17) is 28.9 Å². The molecule has 0 aliphatic rings. The molecule has 3 N–H and O–H groups in total. The summed E-state index contributed by atoms with van der Waals surface area (Å²) in [6, 6.07) is 1.41. The first-order chi connectivity index (χ1) is 8.21. The predicted molar refractivity (Wildman–Crippen MR) is 69.6 cm³/mol. The van der Waals surface area contributed by atoms with Crippen LogP contribution in [0.15, 0.2) is 12.3 Å². The molecule has 1 rings (SSSR count). The minimum absolute atomic E-state index is 0.0352. The molecule has 5 nitrogen and oxygen atoms in total. The first kappa shape index (κ1) is 14.7. The number of aromatic nitrogens is 1. The summed E-state index contributed by atoms with van der Waals surface area (Å²) in [4.78, 5) is 26.5. The van der Waals surface area contributed by atoms with Crippen molar-refractivity contribution in [2.24, 2.45) is 5.73 Å². The van der Waals surface area contributed by atoms with Crippen molar-refractivity contribution in [1.29, 1.82) is 0 Å². The van der Waals surface area contributed by atoms with Crippen molar-refractivity contribution < 1.29 is 9.59 Å². The molecule has 2 amide bonds. The number of rotatable bonds is 4. The van der Waals surface area contributed by atoms with Gasteiger partial charge in [0.05, 0.1) is 10.6 Å². The summed E-state index contributed by atoms with van der Waals surface area (Å²) >= 11 is 11.4. The Morgan fingerprint density at radius 2 is 2.06 bits per heavy atom. The number of amides is 2. The number of carbonyl (C=O) groups excluding carboxylic acids is 2. The summed E-state index contributed by atoms with van der Waals surface area (Å²) in [5, 5.41) is 2.99. The molecule has 0 aliphatic heterocycles. The molecule has 0 unspecified atom stereocenters. The highest BCUT2D eigenvalue weighted by molar-refractivity contribution is 6.41. The molecular weight excluding hydrogens is 277 g/mol. The zero-order valence-electron chi connectivity index (χ0n) is 9.96. The van der Waals surface area contributed by atoms with E-state index in [0.717, 1.165) is 0 Å². The van der Waals surface area contributed by atoms with Crippen LogP contribution in [0.25, 0.3) is 0 Å². The maximum atomic E-state index is 11.9. The number of nitrogens with two attached hydrogens (primary N) is 1. The van der Waals surface area contributed by atoms with Gasteiger partial charge in [0, 0.05) is 18.2 Å². The number of carbonyl (C=O) groups is 2. The van der Waals surface area contributed by atoms with Gasteiger partial charge in [-0.25, -0.2) is 4.98 Å². The average molecular weight is 290 g/mol. The van der Waals surface area contributed by atoms with Crippen LogP contribution >= 0.6 is 23.2 Å². The maximum Gasteiger partial charge on any atom is 0.253 e. The van der Waals surface area contributed by atoms with E-state index in [-0.39, 0.29) is 22.2 Å². The second-order valence-corrected chi connectivity index (χ2v) is 5.24. The zero-order chi connectivity index (χ0) is 13.9. The number of halogens is 2. The lowest BCUT2D eigenvalue weighted by Gasteiger charge is -2.24. The van der Waals surface area contributed by atoms with Crippen LogP contribution in [-0.2, 0) is 4.79 Å². The van der Waals surface area contributed by atoms with E-state index < -0.39 is 17.4 Å². The summed E-state index contributed by atoms with van der Waals surface area (Å²) in [5.41, 5.74) is 4.62. The largest absolute Gasteiger partial charge is 0.370 e. The van der Waals surface area contributed by atoms with Crippen LogP contribution in [0.4, 0.5) is 0 Å². The number of pyridine rings is 1. The zero-order valence-corrected chi connectivity index (χ0v) is 11.5. The predicted octanol–water partition coefficient (Wildman–Crippen LogP) is 1.77. The molecule has 0 bridgehead atoms. The molecule has 0 atom stereocenters. The molecular formula is C11H13Cl2N3O2. The minimum atomic E-state index is -0.741. The van der Waals surface area contributed by atoms with Gasteiger partial charge in [0.2, 0.25) is 5.91 Å². The van der Waals surface area contributed by atoms with Crippen LogP contribution in [0.2, 0.25) is 10.2 Å². The minimum Gasteiger partial charge on any atom is -0.370 e. The van der Waals surface area contributed by atoms with Gasteiger partial charge in [-0.2, -0.15) is 0 Å². The second-order valence-electron chi connectivity index (χ2n) is 4.48. The van der Waals surface area contributed by atoms with E-state index >= 15 is 0 Å². The van der Waals surface area contributed by atoms with Crippen LogP contribution in [0.1, 0.15) is 30.6 Å². The molecule has 0 saturated heterocycles. The van der Waals surface area contributed by atoms with E-state index in [1.54, 1.807) is 13.8 Å². The van der Waals surface area contributed by atoms with Crippen molar-refractivity contribution in [2.75, 3.05) is 0 Å². The first-order valence-corrected chi connectivity index (χ1v) is 5.89. The van der Waals surface area contributed by atoms with Crippen molar-refractivity contribution in [2.45, 2.75) is 25.8 Å². The fourth-order valence-corrected chi connectivity index (χ4v) is 1.67. The molecule has 0 saturated carbocycles. The summed E-state index contributed by atoms with van der Waals surface area (Å²) in [7, 11) is 0. The molecule has 0 aliphatic carbocycles. The fraction of sp³-hybridized carbons (Fsp3) is 0.364. The molecule has 18 heavy (non-hydrogen) atoms. The number of hydrogen-bond acceptors (Lipinski definition) is 3. The van der Waals surface area contributed by atoms with Gasteiger partial charge in [0.25, 0.3) is 5.91 Å². The summed E-state index contributed by atoms with van der Waals surface area (Å²) in [5.74, 6) is -0.889. The molecule has 1 aromatic rings. The van der Waals surface area contributed by atoms with Gasteiger partial charge in [0.15, 0.2) is 0 Å². The first-order valence-electron chi connectivity index (χ1n) is 5.13.